The molecule has 0 fully saturated rings. The SMILES string of the molecule is C1=C\COCCNCCOC/1. The van der Waals surface area contributed by atoms with Gasteiger partial charge >= 0.3 is 0 Å². The van der Waals surface area contributed by atoms with Crippen LogP contribution in [0.5, 0.6) is 0 Å². The summed E-state index contributed by atoms with van der Waals surface area (Å²) in [6, 6.07) is 0. The molecule has 1 aliphatic heterocycles. The lowest BCUT2D eigenvalue weighted by Gasteiger charge is -2.02. The molecule has 0 aromatic heterocycles. The summed E-state index contributed by atoms with van der Waals surface area (Å²) < 4.78 is 10.5. The second kappa shape index (κ2) is 6.34. The lowest BCUT2D eigenvalue weighted by Crippen LogP contribution is -2.23. The maximum absolute atomic E-state index is 5.26. The number of rotatable bonds is 0. The molecule has 0 unspecified atom stereocenters. The van der Waals surface area contributed by atoms with Gasteiger partial charge < -0.3 is 14.8 Å². The topological polar surface area (TPSA) is 30.5 Å². The molecule has 1 heterocycles. The predicted octanol–water partition coefficient (Wildman–Crippen LogP) is 0.179. The first-order valence-corrected chi connectivity index (χ1v) is 4.01. The van der Waals surface area contributed by atoms with Gasteiger partial charge in [0.15, 0.2) is 0 Å². The standard InChI is InChI=1S/C8H15NO2/c1-2-6-11-8-4-9-3-7-10-5-1/h1-2,9H,3-8H2/b2-1-. The molecule has 0 bridgehead atoms. The molecule has 0 saturated heterocycles. The van der Waals surface area contributed by atoms with Gasteiger partial charge in [-0.2, -0.15) is 0 Å². The van der Waals surface area contributed by atoms with Crippen molar-refractivity contribution in [1.29, 1.82) is 0 Å². The van der Waals surface area contributed by atoms with E-state index in [9.17, 15) is 0 Å². The second-order valence-electron chi connectivity index (χ2n) is 2.37. The molecule has 3 nitrogen and oxygen atoms in total. The van der Waals surface area contributed by atoms with Gasteiger partial charge in [0, 0.05) is 13.1 Å². The van der Waals surface area contributed by atoms with Crippen LogP contribution in [0.15, 0.2) is 12.2 Å². The van der Waals surface area contributed by atoms with E-state index in [0.717, 1.165) is 26.3 Å². The minimum absolute atomic E-state index is 0.699. The molecule has 1 aliphatic rings. The van der Waals surface area contributed by atoms with Gasteiger partial charge in [0.05, 0.1) is 26.4 Å². The molecule has 64 valence electrons. The van der Waals surface area contributed by atoms with E-state index in [-0.39, 0.29) is 0 Å². The van der Waals surface area contributed by atoms with Crippen molar-refractivity contribution in [1.82, 2.24) is 5.32 Å². The minimum Gasteiger partial charge on any atom is -0.376 e. The van der Waals surface area contributed by atoms with Gasteiger partial charge in [0.1, 0.15) is 0 Å². The number of hydrogen-bond donors (Lipinski definition) is 1. The van der Waals surface area contributed by atoms with Crippen molar-refractivity contribution in [3.05, 3.63) is 12.2 Å². The van der Waals surface area contributed by atoms with E-state index < -0.39 is 0 Å². The number of hydrogen-bond acceptors (Lipinski definition) is 3. The smallest absolute Gasteiger partial charge is 0.0648 e. The molecule has 0 aliphatic carbocycles. The highest BCUT2D eigenvalue weighted by Crippen LogP contribution is 1.82. The predicted molar refractivity (Wildman–Crippen MR) is 43.6 cm³/mol. The molecule has 11 heavy (non-hydrogen) atoms. The van der Waals surface area contributed by atoms with Gasteiger partial charge in [-0.15, -0.1) is 0 Å². The molecule has 0 atom stereocenters. The summed E-state index contributed by atoms with van der Waals surface area (Å²) in [5.41, 5.74) is 0. The minimum atomic E-state index is 0.699. The summed E-state index contributed by atoms with van der Waals surface area (Å²) in [6.07, 6.45) is 3.98. The second-order valence-corrected chi connectivity index (χ2v) is 2.37. The van der Waals surface area contributed by atoms with Crippen LogP contribution in [-0.4, -0.2) is 39.5 Å². The van der Waals surface area contributed by atoms with Crippen molar-refractivity contribution in [2.24, 2.45) is 0 Å². The molecule has 0 saturated carbocycles. The summed E-state index contributed by atoms with van der Waals surface area (Å²) in [5.74, 6) is 0. The van der Waals surface area contributed by atoms with Crippen molar-refractivity contribution in [3.8, 4) is 0 Å². The molecule has 0 spiro atoms. The van der Waals surface area contributed by atoms with Crippen LogP contribution in [0.2, 0.25) is 0 Å². The highest BCUT2D eigenvalue weighted by atomic mass is 16.5. The third kappa shape index (κ3) is 4.95. The van der Waals surface area contributed by atoms with Gasteiger partial charge in [-0.1, -0.05) is 12.2 Å². The monoisotopic (exact) mass is 157 g/mol. The van der Waals surface area contributed by atoms with E-state index in [1.165, 1.54) is 0 Å². The Kier molecular flexibility index (Phi) is 5.02. The lowest BCUT2D eigenvalue weighted by atomic mass is 10.5. The Morgan fingerprint density at radius 2 is 1.45 bits per heavy atom. The molecule has 3 heteroatoms. The number of nitrogens with one attached hydrogen (secondary N) is 1. The van der Waals surface area contributed by atoms with Crippen molar-refractivity contribution in [2.75, 3.05) is 39.5 Å². The van der Waals surface area contributed by atoms with Crippen molar-refractivity contribution in [2.45, 2.75) is 0 Å². The molecular weight excluding hydrogens is 142 g/mol. The van der Waals surface area contributed by atoms with E-state index in [1.807, 2.05) is 12.2 Å². The van der Waals surface area contributed by atoms with Crippen LogP contribution in [0.1, 0.15) is 0 Å². The molecule has 0 aromatic rings. The summed E-state index contributed by atoms with van der Waals surface area (Å²) in [6.45, 7) is 4.79. The Labute approximate surface area is 67.4 Å². The van der Waals surface area contributed by atoms with Crippen LogP contribution in [-0.2, 0) is 9.47 Å². The molecule has 1 rings (SSSR count). The average molecular weight is 157 g/mol. The maximum atomic E-state index is 5.26. The Balaban J connectivity index is 2.11. The summed E-state index contributed by atoms with van der Waals surface area (Å²) >= 11 is 0. The fourth-order valence-electron chi connectivity index (χ4n) is 0.853. The van der Waals surface area contributed by atoms with Gasteiger partial charge in [-0.05, 0) is 0 Å². The van der Waals surface area contributed by atoms with Gasteiger partial charge in [-0.3, -0.25) is 0 Å². The maximum Gasteiger partial charge on any atom is 0.0648 e. The van der Waals surface area contributed by atoms with Gasteiger partial charge in [-0.25, -0.2) is 0 Å². The fourth-order valence-corrected chi connectivity index (χ4v) is 0.853. The van der Waals surface area contributed by atoms with Crippen molar-refractivity contribution < 1.29 is 9.47 Å². The lowest BCUT2D eigenvalue weighted by molar-refractivity contribution is 0.155. The third-order valence-electron chi connectivity index (χ3n) is 1.44. The zero-order valence-electron chi connectivity index (χ0n) is 6.71. The highest BCUT2D eigenvalue weighted by molar-refractivity contribution is 4.81. The molecule has 0 amide bonds. The van der Waals surface area contributed by atoms with E-state index in [2.05, 4.69) is 5.32 Å². The quantitative estimate of drug-likeness (QED) is 0.509. The van der Waals surface area contributed by atoms with Gasteiger partial charge in [0.2, 0.25) is 0 Å². The first-order chi connectivity index (χ1) is 5.50. The first-order valence-electron chi connectivity index (χ1n) is 4.01. The van der Waals surface area contributed by atoms with Crippen molar-refractivity contribution >= 4 is 0 Å². The zero-order valence-corrected chi connectivity index (χ0v) is 6.71. The Hall–Kier alpha value is -0.380. The first kappa shape index (κ1) is 8.71. The molecule has 0 radical (unpaired) electrons. The summed E-state index contributed by atoms with van der Waals surface area (Å²) in [4.78, 5) is 0. The highest BCUT2D eigenvalue weighted by Gasteiger charge is 1.89. The van der Waals surface area contributed by atoms with E-state index in [4.69, 9.17) is 9.47 Å². The Morgan fingerprint density at radius 3 is 2.00 bits per heavy atom. The van der Waals surface area contributed by atoms with Crippen LogP contribution in [0.25, 0.3) is 0 Å². The van der Waals surface area contributed by atoms with Crippen LogP contribution in [0.3, 0.4) is 0 Å². The van der Waals surface area contributed by atoms with Crippen molar-refractivity contribution in [3.63, 3.8) is 0 Å². The van der Waals surface area contributed by atoms with Crippen LogP contribution < -0.4 is 5.32 Å². The van der Waals surface area contributed by atoms with E-state index in [0.29, 0.717) is 13.2 Å². The normalized spacial score (nSPS) is 25.5. The largest absolute Gasteiger partial charge is 0.376 e. The number of ether oxygens (including phenoxy) is 2. The van der Waals surface area contributed by atoms with E-state index in [1.54, 1.807) is 0 Å². The molecule has 0 aromatic carbocycles. The fraction of sp³-hybridized carbons (Fsp3) is 0.750. The summed E-state index contributed by atoms with van der Waals surface area (Å²) in [5, 5.41) is 3.20. The molecule has 1 N–H and O–H groups in total. The van der Waals surface area contributed by atoms with Crippen LogP contribution >= 0.6 is 0 Å². The summed E-state index contributed by atoms with van der Waals surface area (Å²) in [7, 11) is 0. The average Bonchev–Trinajstić information content (AvgIpc) is 2.08. The molecular formula is C8H15NO2. The Morgan fingerprint density at radius 1 is 0.909 bits per heavy atom. The third-order valence-corrected chi connectivity index (χ3v) is 1.44. The van der Waals surface area contributed by atoms with Crippen LogP contribution in [0.4, 0.5) is 0 Å². The zero-order chi connectivity index (χ0) is 7.78. The van der Waals surface area contributed by atoms with Crippen LogP contribution in [0, 0.1) is 0 Å². The van der Waals surface area contributed by atoms with Gasteiger partial charge in [0.25, 0.3) is 0 Å². The van der Waals surface area contributed by atoms with E-state index >= 15 is 0 Å². The Bertz CT molecular complexity index is 103.